The molecule has 1 saturated heterocycles. The third-order valence-corrected chi connectivity index (χ3v) is 4.01. The van der Waals surface area contributed by atoms with Crippen molar-refractivity contribution in [3.63, 3.8) is 0 Å². The van der Waals surface area contributed by atoms with Gasteiger partial charge < -0.3 is 10.2 Å². The van der Waals surface area contributed by atoms with E-state index in [1.807, 2.05) is 30.1 Å². The molecule has 0 saturated carbocycles. The number of benzene rings is 1. The first-order chi connectivity index (χ1) is 9.16. The molecule has 2 unspecified atom stereocenters. The van der Waals surface area contributed by atoms with E-state index in [9.17, 15) is 4.79 Å². The molecule has 104 valence electrons. The lowest BCUT2D eigenvalue weighted by Gasteiger charge is -2.31. The second-order valence-electron chi connectivity index (χ2n) is 5.62. The number of rotatable bonds is 4. The summed E-state index contributed by atoms with van der Waals surface area (Å²) in [6.45, 7) is 3.98. The maximum Gasteiger partial charge on any atom is 0.224 e. The molecule has 19 heavy (non-hydrogen) atoms. The van der Waals surface area contributed by atoms with Crippen LogP contribution < -0.4 is 5.32 Å². The van der Waals surface area contributed by atoms with Gasteiger partial charge in [-0.2, -0.15) is 0 Å². The Bertz CT molecular complexity index is 404. The number of hydrogen-bond acceptors (Lipinski definition) is 2. The lowest BCUT2D eigenvalue weighted by molar-refractivity contribution is -0.131. The van der Waals surface area contributed by atoms with Gasteiger partial charge in [-0.1, -0.05) is 37.3 Å². The SMILES string of the molecule is CC1CCCNC1CC(=O)N(C)Cc1ccccc1. The van der Waals surface area contributed by atoms with Crippen LogP contribution in [0.25, 0.3) is 0 Å². The van der Waals surface area contributed by atoms with Gasteiger partial charge >= 0.3 is 0 Å². The van der Waals surface area contributed by atoms with Gasteiger partial charge in [0, 0.05) is 26.1 Å². The van der Waals surface area contributed by atoms with Crippen molar-refractivity contribution in [2.24, 2.45) is 5.92 Å². The third kappa shape index (κ3) is 4.06. The fraction of sp³-hybridized carbons (Fsp3) is 0.562. The molecule has 1 aliphatic heterocycles. The topological polar surface area (TPSA) is 32.3 Å². The minimum Gasteiger partial charge on any atom is -0.341 e. The highest BCUT2D eigenvalue weighted by Gasteiger charge is 2.24. The van der Waals surface area contributed by atoms with Crippen LogP contribution in [0.1, 0.15) is 31.7 Å². The first-order valence-electron chi connectivity index (χ1n) is 7.18. The molecule has 2 atom stereocenters. The fourth-order valence-corrected chi connectivity index (χ4v) is 2.68. The van der Waals surface area contributed by atoms with E-state index in [0.717, 1.165) is 6.54 Å². The number of nitrogens with one attached hydrogen (secondary N) is 1. The van der Waals surface area contributed by atoms with Crippen LogP contribution in [0.4, 0.5) is 0 Å². The molecule has 3 nitrogen and oxygen atoms in total. The number of amides is 1. The maximum atomic E-state index is 12.2. The number of nitrogens with zero attached hydrogens (tertiary/aromatic N) is 1. The van der Waals surface area contributed by atoms with Crippen LogP contribution in [0.15, 0.2) is 30.3 Å². The molecule has 3 heteroatoms. The molecule has 0 aromatic heterocycles. The van der Waals surface area contributed by atoms with Gasteiger partial charge in [0.1, 0.15) is 0 Å². The fourth-order valence-electron chi connectivity index (χ4n) is 2.68. The standard InChI is InChI=1S/C16H24N2O/c1-13-7-6-10-17-15(13)11-16(19)18(2)12-14-8-4-3-5-9-14/h3-5,8-9,13,15,17H,6-7,10-12H2,1-2H3. The molecule has 1 aromatic rings. The van der Waals surface area contributed by atoms with Crippen LogP contribution >= 0.6 is 0 Å². The van der Waals surface area contributed by atoms with Crippen LogP contribution in [-0.4, -0.2) is 30.4 Å². The quantitative estimate of drug-likeness (QED) is 0.901. The summed E-state index contributed by atoms with van der Waals surface area (Å²) in [6.07, 6.45) is 3.07. The largest absolute Gasteiger partial charge is 0.341 e. The zero-order valence-corrected chi connectivity index (χ0v) is 11.9. The average molecular weight is 260 g/mol. The predicted molar refractivity (Wildman–Crippen MR) is 77.7 cm³/mol. The maximum absolute atomic E-state index is 12.2. The van der Waals surface area contributed by atoms with Crippen molar-refractivity contribution in [3.05, 3.63) is 35.9 Å². The van der Waals surface area contributed by atoms with Gasteiger partial charge in [-0.05, 0) is 30.9 Å². The Morgan fingerprint density at radius 3 is 2.79 bits per heavy atom. The summed E-state index contributed by atoms with van der Waals surface area (Å²) in [5, 5.41) is 3.47. The van der Waals surface area contributed by atoms with E-state index >= 15 is 0 Å². The Morgan fingerprint density at radius 2 is 2.11 bits per heavy atom. The zero-order chi connectivity index (χ0) is 13.7. The van der Waals surface area contributed by atoms with Gasteiger partial charge in [0.25, 0.3) is 0 Å². The molecule has 1 N–H and O–H groups in total. The smallest absolute Gasteiger partial charge is 0.224 e. The molecule has 1 aliphatic rings. The van der Waals surface area contributed by atoms with Gasteiger partial charge in [0.05, 0.1) is 0 Å². The molecular formula is C16H24N2O. The van der Waals surface area contributed by atoms with Crippen LogP contribution in [0.3, 0.4) is 0 Å². The van der Waals surface area contributed by atoms with E-state index in [0.29, 0.717) is 24.9 Å². The van der Waals surface area contributed by atoms with Gasteiger partial charge in [-0.3, -0.25) is 4.79 Å². The monoisotopic (exact) mass is 260 g/mol. The lowest BCUT2D eigenvalue weighted by Crippen LogP contribution is -2.43. The highest BCUT2D eigenvalue weighted by atomic mass is 16.2. The first-order valence-corrected chi connectivity index (χ1v) is 7.18. The minimum absolute atomic E-state index is 0.232. The van der Waals surface area contributed by atoms with E-state index in [1.54, 1.807) is 0 Å². The Hall–Kier alpha value is -1.35. The number of carbonyl (C=O) groups is 1. The van der Waals surface area contributed by atoms with E-state index in [2.05, 4.69) is 24.4 Å². The Balaban J connectivity index is 1.85. The minimum atomic E-state index is 0.232. The summed E-state index contributed by atoms with van der Waals surface area (Å²) in [5.41, 5.74) is 1.18. The average Bonchev–Trinajstić information content (AvgIpc) is 2.42. The van der Waals surface area contributed by atoms with Crippen LogP contribution in [0.2, 0.25) is 0 Å². The number of piperidine rings is 1. The summed E-state index contributed by atoms with van der Waals surface area (Å²) in [4.78, 5) is 14.1. The van der Waals surface area contributed by atoms with Crippen LogP contribution in [0, 0.1) is 5.92 Å². The van der Waals surface area contributed by atoms with Crippen molar-refractivity contribution in [1.82, 2.24) is 10.2 Å². The Kier molecular flexibility index (Phi) is 4.97. The highest BCUT2D eigenvalue weighted by molar-refractivity contribution is 5.76. The molecule has 0 bridgehead atoms. The van der Waals surface area contributed by atoms with Crippen molar-refractivity contribution in [1.29, 1.82) is 0 Å². The second-order valence-corrected chi connectivity index (χ2v) is 5.62. The summed E-state index contributed by atoms with van der Waals surface area (Å²) < 4.78 is 0. The third-order valence-electron chi connectivity index (χ3n) is 4.01. The number of carbonyl (C=O) groups excluding carboxylic acids is 1. The van der Waals surface area contributed by atoms with Gasteiger partial charge in [0.2, 0.25) is 5.91 Å². The van der Waals surface area contributed by atoms with E-state index in [1.165, 1.54) is 18.4 Å². The molecule has 2 rings (SSSR count). The normalized spacial score (nSPS) is 23.1. The molecule has 1 aromatic carbocycles. The van der Waals surface area contributed by atoms with Crippen molar-refractivity contribution in [2.75, 3.05) is 13.6 Å². The second kappa shape index (κ2) is 6.71. The summed E-state index contributed by atoms with van der Waals surface area (Å²) in [5.74, 6) is 0.831. The Morgan fingerprint density at radius 1 is 1.37 bits per heavy atom. The molecule has 1 amide bonds. The molecule has 0 radical (unpaired) electrons. The molecule has 1 fully saturated rings. The Labute approximate surface area is 116 Å². The predicted octanol–water partition coefficient (Wildman–Crippen LogP) is 2.42. The van der Waals surface area contributed by atoms with Crippen LogP contribution in [-0.2, 0) is 11.3 Å². The first kappa shape index (κ1) is 14.1. The molecule has 0 spiro atoms. The van der Waals surface area contributed by atoms with Gasteiger partial charge in [-0.15, -0.1) is 0 Å². The zero-order valence-electron chi connectivity index (χ0n) is 11.9. The van der Waals surface area contributed by atoms with Crippen molar-refractivity contribution in [3.8, 4) is 0 Å². The van der Waals surface area contributed by atoms with E-state index < -0.39 is 0 Å². The van der Waals surface area contributed by atoms with Gasteiger partial charge in [0.15, 0.2) is 0 Å². The summed E-state index contributed by atoms with van der Waals surface area (Å²) in [6, 6.07) is 10.5. The molecular weight excluding hydrogens is 236 g/mol. The lowest BCUT2D eigenvalue weighted by atomic mass is 9.90. The molecule has 0 aliphatic carbocycles. The summed E-state index contributed by atoms with van der Waals surface area (Å²) in [7, 11) is 1.89. The van der Waals surface area contributed by atoms with Crippen molar-refractivity contribution < 1.29 is 4.79 Å². The summed E-state index contributed by atoms with van der Waals surface area (Å²) >= 11 is 0. The van der Waals surface area contributed by atoms with Gasteiger partial charge in [-0.25, -0.2) is 0 Å². The van der Waals surface area contributed by atoms with Crippen LogP contribution in [0.5, 0.6) is 0 Å². The van der Waals surface area contributed by atoms with Crippen molar-refractivity contribution in [2.45, 2.75) is 38.8 Å². The van der Waals surface area contributed by atoms with E-state index in [4.69, 9.17) is 0 Å². The molecule has 1 heterocycles. The number of hydrogen-bond donors (Lipinski definition) is 1. The van der Waals surface area contributed by atoms with E-state index in [-0.39, 0.29) is 5.91 Å². The van der Waals surface area contributed by atoms with Crippen molar-refractivity contribution >= 4 is 5.91 Å². The highest BCUT2D eigenvalue weighted by Crippen LogP contribution is 2.19.